The van der Waals surface area contributed by atoms with Gasteiger partial charge in [0.15, 0.2) is 11.5 Å². The largest absolute Gasteiger partial charge is 0.464 e. The van der Waals surface area contributed by atoms with Crippen LogP contribution in [0.4, 0.5) is 9.18 Å². The average Bonchev–Trinajstić information content (AvgIpc) is 3.44. The van der Waals surface area contributed by atoms with Crippen LogP contribution in [-0.4, -0.2) is 29.1 Å². The fourth-order valence-corrected chi connectivity index (χ4v) is 3.69. The van der Waals surface area contributed by atoms with Crippen molar-refractivity contribution in [1.82, 2.24) is 15.3 Å². The molecule has 2 aromatic heterocycles. The number of hydrogen-bond donors (Lipinski definition) is 2. The summed E-state index contributed by atoms with van der Waals surface area (Å²) in [5.74, 6) is -0.958. The lowest BCUT2D eigenvalue weighted by atomic mass is 9.87. The number of methoxy groups -OCH3 is 1. The molecule has 182 valence electrons. The van der Waals surface area contributed by atoms with Gasteiger partial charge in [-0.15, -0.1) is 0 Å². The molecule has 0 spiro atoms. The number of alkyl carbamates (subject to hydrolysis) is 1. The van der Waals surface area contributed by atoms with E-state index in [-0.39, 0.29) is 24.0 Å². The molecular weight excluding hydrogens is 453 g/mol. The molecule has 0 bridgehead atoms. The van der Waals surface area contributed by atoms with Crippen molar-refractivity contribution in [1.29, 1.82) is 0 Å². The first-order valence-corrected chi connectivity index (χ1v) is 11.0. The fourth-order valence-electron chi connectivity index (χ4n) is 3.69. The first-order chi connectivity index (χ1) is 16.7. The van der Waals surface area contributed by atoms with Gasteiger partial charge in [-0.25, -0.2) is 19.0 Å². The van der Waals surface area contributed by atoms with Crippen LogP contribution in [0, 0.1) is 11.2 Å². The maximum atomic E-state index is 14.0. The number of nitrogens with one attached hydrogen (secondary N) is 2. The van der Waals surface area contributed by atoms with Gasteiger partial charge in [0.25, 0.3) is 0 Å². The first kappa shape index (κ1) is 24.0. The number of carbonyl (C=O) groups excluding carboxylic acids is 2. The number of rotatable bonds is 6. The Bertz CT molecular complexity index is 1350. The van der Waals surface area contributed by atoms with Gasteiger partial charge in [-0.2, -0.15) is 0 Å². The average molecular weight is 480 g/mol. The minimum atomic E-state index is -0.745. The highest BCUT2D eigenvalue weighted by molar-refractivity contribution is 6.01. The number of aromatic amines is 1. The molecular formula is C26H26FN3O5. The SMILES string of the molecule is COC(=O)c1nc([C@@H](NC(=O)OCc2ccccc2)C(C)(C)C)oc1-c1c[nH]c2ccc(F)cc12. The second-order valence-corrected chi connectivity index (χ2v) is 9.12. The van der Waals surface area contributed by atoms with Crippen LogP contribution in [0.1, 0.15) is 48.8 Å². The number of oxazole rings is 1. The van der Waals surface area contributed by atoms with E-state index in [1.807, 2.05) is 51.1 Å². The summed E-state index contributed by atoms with van der Waals surface area (Å²) >= 11 is 0. The van der Waals surface area contributed by atoms with Gasteiger partial charge in [0.05, 0.1) is 7.11 Å². The van der Waals surface area contributed by atoms with Gasteiger partial charge >= 0.3 is 12.1 Å². The molecule has 1 amide bonds. The summed E-state index contributed by atoms with van der Waals surface area (Å²) in [4.78, 5) is 32.6. The van der Waals surface area contributed by atoms with Crippen molar-refractivity contribution in [3.05, 3.63) is 77.7 Å². The van der Waals surface area contributed by atoms with Gasteiger partial charge < -0.3 is 24.2 Å². The Balaban J connectivity index is 1.69. The van der Waals surface area contributed by atoms with Crippen molar-refractivity contribution in [2.45, 2.75) is 33.4 Å². The molecule has 0 aliphatic rings. The topological polar surface area (TPSA) is 106 Å². The van der Waals surface area contributed by atoms with E-state index in [0.717, 1.165) is 5.56 Å². The lowest BCUT2D eigenvalue weighted by Gasteiger charge is -2.28. The maximum absolute atomic E-state index is 14.0. The quantitative estimate of drug-likeness (QED) is 0.341. The number of ether oxygens (including phenoxy) is 2. The Hall–Kier alpha value is -4.14. The number of esters is 1. The summed E-state index contributed by atoms with van der Waals surface area (Å²) in [6.45, 7) is 5.75. The number of carbonyl (C=O) groups is 2. The van der Waals surface area contributed by atoms with Crippen LogP contribution in [0.25, 0.3) is 22.2 Å². The van der Waals surface area contributed by atoms with E-state index in [9.17, 15) is 14.0 Å². The molecule has 2 heterocycles. The minimum Gasteiger partial charge on any atom is -0.464 e. The van der Waals surface area contributed by atoms with E-state index < -0.39 is 29.3 Å². The third kappa shape index (κ3) is 5.18. The predicted octanol–water partition coefficient (Wildman–Crippen LogP) is 5.76. The lowest BCUT2D eigenvalue weighted by molar-refractivity contribution is 0.0595. The zero-order valence-electron chi connectivity index (χ0n) is 19.8. The molecule has 2 N–H and O–H groups in total. The van der Waals surface area contributed by atoms with E-state index in [2.05, 4.69) is 15.3 Å². The minimum absolute atomic E-state index is 0.0821. The van der Waals surface area contributed by atoms with E-state index in [0.29, 0.717) is 16.5 Å². The molecule has 4 rings (SSSR count). The second-order valence-electron chi connectivity index (χ2n) is 9.12. The first-order valence-electron chi connectivity index (χ1n) is 11.0. The van der Waals surface area contributed by atoms with E-state index >= 15 is 0 Å². The molecule has 0 saturated carbocycles. The van der Waals surface area contributed by atoms with Gasteiger partial charge in [0.1, 0.15) is 18.5 Å². The summed E-state index contributed by atoms with van der Waals surface area (Å²) < 4.78 is 30.3. The number of nitrogens with zero attached hydrogens (tertiary/aromatic N) is 1. The number of amides is 1. The standard InChI is InChI=1S/C26H26FN3O5/c1-26(2,3)22(30-25(32)34-14-15-8-6-5-7-9-15)23-29-20(24(31)33-4)21(35-23)18-13-28-19-11-10-16(27)12-17(18)19/h5-13,22,28H,14H2,1-4H3,(H,30,32)/t22-/m1/s1. The Morgan fingerprint density at radius 1 is 1.17 bits per heavy atom. The molecule has 0 aliphatic heterocycles. The molecule has 0 aliphatic carbocycles. The van der Waals surface area contributed by atoms with Gasteiger partial charge in [-0.05, 0) is 29.2 Å². The normalized spacial score (nSPS) is 12.4. The van der Waals surface area contributed by atoms with Crippen LogP contribution < -0.4 is 5.32 Å². The summed E-state index contributed by atoms with van der Waals surface area (Å²) in [5.41, 5.74) is 1.30. The van der Waals surface area contributed by atoms with Crippen molar-refractivity contribution >= 4 is 23.0 Å². The van der Waals surface area contributed by atoms with Crippen LogP contribution >= 0.6 is 0 Å². The third-order valence-corrected chi connectivity index (χ3v) is 5.50. The Morgan fingerprint density at radius 2 is 1.91 bits per heavy atom. The monoisotopic (exact) mass is 479 g/mol. The third-order valence-electron chi connectivity index (χ3n) is 5.50. The van der Waals surface area contributed by atoms with Crippen LogP contribution in [0.15, 0.2) is 59.1 Å². The molecule has 0 fully saturated rings. The fraction of sp³-hybridized carbons (Fsp3) is 0.269. The molecule has 9 heteroatoms. The summed E-state index contributed by atoms with van der Waals surface area (Å²) in [7, 11) is 1.23. The molecule has 0 radical (unpaired) electrons. The number of hydrogen-bond acceptors (Lipinski definition) is 6. The Kier molecular flexibility index (Phi) is 6.59. The predicted molar refractivity (Wildman–Crippen MR) is 127 cm³/mol. The zero-order chi connectivity index (χ0) is 25.2. The molecule has 0 unspecified atom stereocenters. The van der Waals surface area contributed by atoms with Crippen LogP contribution in [0.5, 0.6) is 0 Å². The number of halogens is 1. The number of benzene rings is 2. The van der Waals surface area contributed by atoms with E-state index in [4.69, 9.17) is 13.9 Å². The van der Waals surface area contributed by atoms with Crippen molar-refractivity contribution in [2.75, 3.05) is 7.11 Å². The maximum Gasteiger partial charge on any atom is 0.408 e. The highest BCUT2D eigenvalue weighted by Gasteiger charge is 2.35. The molecule has 8 nitrogen and oxygen atoms in total. The van der Waals surface area contributed by atoms with Crippen LogP contribution in [0.2, 0.25) is 0 Å². The number of fused-ring (bicyclic) bond motifs is 1. The van der Waals surface area contributed by atoms with Crippen molar-refractivity contribution < 1.29 is 27.9 Å². The number of aromatic nitrogens is 2. The van der Waals surface area contributed by atoms with Gasteiger partial charge in [-0.3, -0.25) is 0 Å². The van der Waals surface area contributed by atoms with Gasteiger partial charge in [0, 0.05) is 22.7 Å². The summed E-state index contributed by atoms with van der Waals surface area (Å²) in [5, 5.41) is 3.31. The van der Waals surface area contributed by atoms with Gasteiger partial charge in [-0.1, -0.05) is 51.1 Å². The van der Waals surface area contributed by atoms with Crippen molar-refractivity contribution in [2.24, 2.45) is 5.41 Å². The zero-order valence-corrected chi connectivity index (χ0v) is 19.8. The second kappa shape index (κ2) is 9.61. The van der Waals surface area contributed by atoms with Crippen molar-refractivity contribution in [3.63, 3.8) is 0 Å². The summed E-state index contributed by atoms with van der Waals surface area (Å²) in [6, 6.07) is 12.8. The lowest BCUT2D eigenvalue weighted by Crippen LogP contribution is -2.37. The molecule has 1 atom stereocenters. The molecule has 4 aromatic rings. The van der Waals surface area contributed by atoms with Gasteiger partial charge in [0.2, 0.25) is 5.89 Å². The van der Waals surface area contributed by atoms with Crippen LogP contribution in [-0.2, 0) is 16.1 Å². The van der Waals surface area contributed by atoms with E-state index in [1.54, 1.807) is 12.3 Å². The molecule has 35 heavy (non-hydrogen) atoms. The number of H-pyrrole nitrogens is 1. The summed E-state index contributed by atoms with van der Waals surface area (Å²) in [6.07, 6.45) is 0.941. The van der Waals surface area contributed by atoms with Crippen molar-refractivity contribution in [3.8, 4) is 11.3 Å². The molecule has 2 aromatic carbocycles. The highest BCUT2D eigenvalue weighted by atomic mass is 19.1. The smallest absolute Gasteiger partial charge is 0.408 e. The Labute approximate surface area is 201 Å². The van der Waals surface area contributed by atoms with Crippen LogP contribution in [0.3, 0.4) is 0 Å². The van der Waals surface area contributed by atoms with E-state index in [1.165, 1.54) is 19.2 Å². The highest BCUT2D eigenvalue weighted by Crippen LogP contribution is 2.38. The Morgan fingerprint density at radius 3 is 2.60 bits per heavy atom. The molecule has 0 saturated heterocycles.